The molecule has 1 heterocycles. The van der Waals surface area contributed by atoms with Crippen molar-refractivity contribution in [2.24, 2.45) is 0 Å². The van der Waals surface area contributed by atoms with Gasteiger partial charge in [0.1, 0.15) is 12.1 Å². The van der Waals surface area contributed by atoms with Gasteiger partial charge in [0.2, 0.25) is 5.88 Å². The van der Waals surface area contributed by atoms with E-state index in [1.807, 2.05) is 20.8 Å². The summed E-state index contributed by atoms with van der Waals surface area (Å²) in [5.41, 5.74) is 0.878. The zero-order chi connectivity index (χ0) is 12.8. The summed E-state index contributed by atoms with van der Waals surface area (Å²) in [7, 11) is -0.822. The fourth-order valence-electron chi connectivity index (χ4n) is 1.49. The van der Waals surface area contributed by atoms with Gasteiger partial charge in [-0.05, 0) is 20.8 Å². The van der Waals surface area contributed by atoms with Crippen molar-refractivity contribution in [3.63, 3.8) is 0 Å². The third kappa shape index (κ3) is 4.30. The van der Waals surface area contributed by atoms with Crippen LogP contribution in [0.2, 0.25) is 0 Å². The van der Waals surface area contributed by atoms with Gasteiger partial charge < -0.3 is 10.1 Å². The number of nitrogens with one attached hydrogen (secondary N) is 1. The van der Waals surface area contributed by atoms with E-state index in [0.717, 1.165) is 11.4 Å². The first kappa shape index (κ1) is 13.9. The summed E-state index contributed by atoms with van der Waals surface area (Å²) in [5, 5.41) is 3.22. The van der Waals surface area contributed by atoms with Gasteiger partial charge in [-0.2, -0.15) is 0 Å². The fraction of sp³-hybridized carbons (Fsp3) is 0.636. The van der Waals surface area contributed by atoms with E-state index in [-0.39, 0.29) is 6.04 Å². The van der Waals surface area contributed by atoms with Crippen molar-refractivity contribution < 1.29 is 8.95 Å². The van der Waals surface area contributed by atoms with Crippen LogP contribution in [0, 0.1) is 6.92 Å². The van der Waals surface area contributed by atoms with Crippen molar-refractivity contribution in [1.82, 2.24) is 9.97 Å². The molecule has 0 saturated heterocycles. The zero-order valence-corrected chi connectivity index (χ0v) is 11.5. The molecule has 5 nitrogen and oxygen atoms in total. The average Bonchev–Trinajstić information content (AvgIpc) is 2.23. The predicted molar refractivity (Wildman–Crippen MR) is 70.0 cm³/mol. The van der Waals surface area contributed by atoms with E-state index in [0.29, 0.717) is 18.2 Å². The summed E-state index contributed by atoms with van der Waals surface area (Å²) in [5.74, 6) is 1.92. The quantitative estimate of drug-likeness (QED) is 0.833. The van der Waals surface area contributed by atoms with Gasteiger partial charge in [-0.3, -0.25) is 4.21 Å². The van der Waals surface area contributed by atoms with Gasteiger partial charge >= 0.3 is 0 Å². The first-order chi connectivity index (χ1) is 8.04. The van der Waals surface area contributed by atoms with E-state index >= 15 is 0 Å². The van der Waals surface area contributed by atoms with Crippen molar-refractivity contribution in [2.45, 2.75) is 26.8 Å². The molecule has 0 radical (unpaired) electrons. The second kappa shape index (κ2) is 6.54. The SMILES string of the molecule is CCOc1ncnc(NC(C)CS(C)=O)c1C. The first-order valence-electron chi connectivity index (χ1n) is 5.55. The number of rotatable bonds is 6. The highest BCUT2D eigenvalue weighted by molar-refractivity contribution is 7.84. The number of nitrogens with zero attached hydrogens (tertiary/aromatic N) is 2. The number of ether oxygens (including phenoxy) is 1. The van der Waals surface area contributed by atoms with Crippen molar-refractivity contribution in [1.29, 1.82) is 0 Å². The Labute approximate surface area is 104 Å². The van der Waals surface area contributed by atoms with Gasteiger partial charge in [0.05, 0.1) is 12.2 Å². The predicted octanol–water partition coefficient (Wildman–Crippen LogP) is 1.36. The lowest BCUT2D eigenvalue weighted by molar-refractivity contribution is 0.324. The molecule has 0 aliphatic rings. The summed E-state index contributed by atoms with van der Waals surface area (Å²) in [4.78, 5) is 8.23. The minimum Gasteiger partial charge on any atom is -0.478 e. The molecule has 1 aromatic heterocycles. The van der Waals surface area contributed by atoms with E-state index in [1.54, 1.807) is 6.26 Å². The van der Waals surface area contributed by atoms with Crippen LogP contribution < -0.4 is 10.1 Å². The third-order valence-electron chi connectivity index (χ3n) is 2.19. The van der Waals surface area contributed by atoms with Gasteiger partial charge in [-0.25, -0.2) is 9.97 Å². The lowest BCUT2D eigenvalue weighted by Gasteiger charge is -2.15. The van der Waals surface area contributed by atoms with E-state index in [4.69, 9.17) is 4.74 Å². The number of hydrogen-bond donors (Lipinski definition) is 1. The molecule has 0 bridgehead atoms. The van der Waals surface area contributed by atoms with Crippen LogP contribution >= 0.6 is 0 Å². The van der Waals surface area contributed by atoms with Gasteiger partial charge in [0.25, 0.3) is 0 Å². The summed E-state index contributed by atoms with van der Waals surface area (Å²) in [6, 6.07) is 0.101. The minimum absolute atomic E-state index is 0.101. The molecular weight excluding hydrogens is 238 g/mol. The topological polar surface area (TPSA) is 64.1 Å². The van der Waals surface area contributed by atoms with E-state index < -0.39 is 10.8 Å². The molecule has 2 atom stereocenters. The molecule has 0 spiro atoms. The summed E-state index contributed by atoms with van der Waals surface area (Å²) in [6.07, 6.45) is 3.16. The maximum Gasteiger partial charge on any atom is 0.221 e. The molecule has 0 amide bonds. The Bertz CT molecular complexity index is 398. The standard InChI is InChI=1S/C11H19N3O2S/c1-5-16-11-9(3)10(12-7-13-11)14-8(2)6-17(4)15/h7-8H,5-6H2,1-4H3,(H,12,13,14). The van der Waals surface area contributed by atoms with Crippen LogP contribution in [-0.2, 0) is 10.8 Å². The van der Waals surface area contributed by atoms with Crippen LogP contribution in [0.25, 0.3) is 0 Å². The van der Waals surface area contributed by atoms with Crippen molar-refractivity contribution >= 4 is 16.6 Å². The molecular formula is C11H19N3O2S. The highest BCUT2D eigenvalue weighted by atomic mass is 32.2. The number of aromatic nitrogens is 2. The second-order valence-electron chi connectivity index (χ2n) is 3.87. The number of hydrogen-bond acceptors (Lipinski definition) is 5. The summed E-state index contributed by atoms with van der Waals surface area (Å²) in [6.45, 7) is 6.37. The molecule has 1 aromatic rings. The van der Waals surface area contributed by atoms with E-state index in [9.17, 15) is 4.21 Å². The van der Waals surface area contributed by atoms with Gasteiger partial charge in [-0.15, -0.1) is 0 Å². The maximum absolute atomic E-state index is 11.1. The Hall–Kier alpha value is -1.17. The average molecular weight is 257 g/mol. The van der Waals surface area contributed by atoms with Crippen molar-refractivity contribution in [2.75, 3.05) is 23.9 Å². The largest absolute Gasteiger partial charge is 0.478 e. The zero-order valence-electron chi connectivity index (χ0n) is 10.7. The highest BCUT2D eigenvalue weighted by Crippen LogP contribution is 2.20. The lowest BCUT2D eigenvalue weighted by Crippen LogP contribution is -2.23. The van der Waals surface area contributed by atoms with Gasteiger partial charge in [-0.1, -0.05) is 0 Å². The molecule has 6 heteroatoms. The molecule has 2 unspecified atom stereocenters. The molecule has 0 fully saturated rings. The molecule has 17 heavy (non-hydrogen) atoms. The van der Waals surface area contributed by atoms with Crippen LogP contribution in [0.5, 0.6) is 5.88 Å². The van der Waals surface area contributed by atoms with Crippen LogP contribution in [0.4, 0.5) is 5.82 Å². The Morgan fingerprint density at radius 1 is 1.53 bits per heavy atom. The second-order valence-corrected chi connectivity index (χ2v) is 5.35. The Balaban J connectivity index is 2.77. The first-order valence-corrected chi connectivity index (χ1v) is 7.28. The van der Waals surface area contributed by atoms with Crippen molar-refractivity contribution in [3.8, 4) is 5.88 Å². The van der Waals surface area contributed by atoms with E-state index in [1.165, 1.54) is 6.33 Å². The van der Waals surface area contributed by atoms with Gasteiger partial charge in [0, 0.05) is 28.9 Å². The fourth-order valence-corrected chi connectivity index (χ4v) is 2.28. The van der Waals surface area contributed by atoms with Crippen LogP contribution in [-0.4, -0.2) is 38.8 Å². The Kier molecular flexibility index (Phi) is 5.34. The lowest BCUT2D eigenvalue weighted by atomic mass is 10.3. The molecule has 0 aromatic carbocycles. The monoisotopic (exact) mass is 257 g/mol. The normalized spacial score (nSPS) is 14.1. The van der Waals surface area contributed by atoms with Crippen molar-refractivity contribution in [3.05, 3.63) is 11.9 Å². The smallest absolute Gasteiger partial charge is 0.221 e. The Morgan fingerprint density at radius 3 is 2.82 bits per heavy atom. The summed E-state index contributed by atoms with van der Waals surface area (Å²) < 4.78 is 16.5. The number of anilines is 1. The molecule has 0 aliphatic carbocycles. The minimum atomic E-state index is -0.822. The third-order valence-corrected chi connectivity index (χ3v) is 3.16. The highest BCUT2D eigenvalue weighted by Gasteiger charge is 2.11. The van der Waals surface area contributed by atoms with Crippen LogP contribution in [0.1, 0.15) is 19.4 Å². The molecule has 0 saturated carbocycles. The molecule has 96 valence electrons. The van der Waals surface area contributed by atoms with Gasteiger partial charge in [0.15, 0.2) is 0 Å². The molecule has 1 N–H and O–H groups in total. The maximum atomic E-state index is 11.1. The summed E-state index contributed by atoms with van der Waals surface area (Å²) >= 11 is 0. The van der Waals surface area contributed by atoms with Crippen LogP contribution in [0.3, 0.4) is 0 Å². The Morgan fingerprint density at radius 2 is 2.24 bits per heavy atom. The van der Waals surface area contributed by atoms with Crippen LogP contribution in [0.15, 0.2) is 6.33 Å². The molecule has 0 aliphatic heterocycles. The van der Waals surface area contributed by atoms with E-state index in [2.05, 4.69) is 15.3 Å². The molecule has 1 rings (SSSR count).